The fourth-order valence-electron chi connectivity index (χ4n) is 12.6. The van der Waals surface area contributed by atoms with E-state index in [9.17, 15) is 74.9 Å². The Kier molecular flexibility index (Phi) is 51.2. The summed E-state index contributed by atoms with van der Waals surface area (Å²) in [6.07, 6.45) is 16.7. The fraction of sp³-hybridized carbons (Fsp3) is 0.905. The lowest BCUT2D eigenvalue weighted by molar-refractivity contribution is -0.360. The van der Waals surface area contributed by atoms with Crippen LogP contribution >= 0.6 is 7.82 Å². The number of carbonyl (C=O) groups excluding carboxylic acids is 3. The van der Waals surface area contributed by atoms with E-state index in [4.69, 9.17) is 42.2 Å². The smallest absolute Gasteiger partial charge is 0.463 e. The molecule has 3 fully saturated rings. The number of ether oxygens (including phenoxy) is 7. The molecule has 0 spiro atoms. The van der Waals surface area contributed by atoms with Crippen molar-refractivity contribution >= 4 is 25.7 Å². The van der Waals surface area contributed by atoms with Crippen molar-refractivity contribution in [2.45, 2.75) is 401 Å². The second-order valence-corrected chi connectivity index (χ2v) is 29.1. The van der Waals surface area contributed by atoms with E-state index in [-0.39, 0.29) is 19.3 Å². The lowest BCUT2D eigenvalue weighted by atomic mass is 9.84. The summed E-state index contributed by atoms with van der Waals surface area (Å²) in [7, 11) is -5.70. The summed E-state index contributed by atoms with van der Waals surface area (Å²) in [5, 5.41) is 110. The molecule has 3 rings (SSSR count). The second-order valence-electron chi connectivity index (χ2n) is 27.7. The Bertz CT molecular complexity index is 2140. The molecule has 3 aliphatic rings. The molecule has 99 heavy (non-hydrogen) atoms. The van der Waals surface area contributed by atoms with Crippen molar-refractivity contribution in [3.8, 4) is 0 Å². The van der Waals surface area contributed by atoms with Gasteiger partial charge in [-0.3, -0.25) is 23.4 Å². The van der Waals surface area contributed by atoms with Gasteiger partial charge in [-0.2, -0.15) is 0 Å². The largest absolute Gasteiger partial charge is 0.472 e. The minimum Gasteiger partial charge on any atom is -0.463 e. The molecule has 580 valence electrons. The van der Waals surface area contributed by atoms with Crippen LogP contribution in [0.25, 0.3) is 0 Å². The first-order chi connectivity index (χ1) is 47.8. The summed E-state index contributed by atoms with van der Waals surface area (Å²) in [5.41, 5.74) is 0. The number of allylic oxidation sites excluding steroid dienone is 4. The van der Waals surface area contributed by atoms with Crippen molar-refractivity contribution in [1.82, 2.24) is 0 Å². The van der Waals surface area contributed by atoms with Gasteiger partial charge >= 0.3 is 25.7 Å². The van der Waals surface area contributed by atoms with Gasteiger partial charge in [-0.1, -0.05) is 231 Å². The molecule has 0 bridgehead atoms. The lowest BCUT2D eigenvalue weighted by Crippen LogP contribution is -2.69. The maximum atomic E-state index is 14.3. The molecule has 0 aromatic carbocycles. The van der Waals surface area contributed by atoms with Crippen LogP contribution in [-0.4, -0.2) is 204 Å². The molecule has 0 amide bonds. The number of unbranched alkanes of at least 4 members (excludes halogenated alkanes) is 35. The predicted octanol–water partition coefficient (Wildman–Crippen LogP) is 10.9. The molecule has 0 aromatic rings. The highest BCUT2D eigenvalue weighted by Crippen LogP contribution is 2.49. The summed E-state index contributed by atoms with van der Waals surface area (Å²) in [4.78, 5) is 51.0. The summed E-state index contributed by atoms with van der Waals surface area (Å²) in [5.74, 6) is -2.02. The normalized spacial score (nSPS) is 27.6. The summed E-state index contributed by atoms with van der Waals surface area (Å²) < 4.78 is 65.0. The summed E-state index contributed by atoms with van der Waals surface area (Å²) in [6.45, 7) is 3.42. The van der Waals surface area contributed by atoms with E-state index in [1.165, 1.54) is 141 Å². The van der Waals surface area contributed by atoms with Crippen molar-refractivity contribution < 1.29 is 117 Å². The minimum atomic E-state index is -5.70. The van der Waals surface area contributed by atoms with E-state index in [0.717, 1.165) is 89.9 Å². The molecule has 1 saturated carbocycles. The van der Waals surface area contributed by atoms with Gasteiger partial charge in [0, 0.05) is 19.3 Å². The maximum absolute atomic E-state index is 14.3. The van der Waals surface area contributed by atoms with Gasteiger partial charge < -0.3 is 89.1 Å². The number of carbonyl (C=O) groups is 3. The van der Waals surface area contributed by atoms with E-state index < -0.39 is 156 Å². The Balaban J connectivity index is 1.73. The highest BCUT2D eigenvalue weighted by molar-refractivity contribution is 7.47. The zero-order chi connectivity index (χ0) is 72.5. The maximum Gasteiger partial charge on any atom is 0.472 e. The molecule has 2 aliphatic heterocycles. The number of hydrogen-bond acceptors (Lipinski definition) is 23. The van der Waals surface area contributed by atoms with Crippen LogP contribution < -0.4 is 0 Å². The van der Waals surface area contributed by atoms with Gasteiger partial charge in [-0.15, -0.1) is 0 Å². The van der Waals surface area contributed by atoms with E-state index in [2.05, 4.69) is 45.1 Å². The van der Waals surface area contributed by atoms with E-state index in [1.807, 2.05) is 0 Å². The third-order valence-corrected chi connectivity index (χ3v) is 19.9. The van der Waals surface area contributed by atoms with Gasteiger partial charge in [-0.05, 0) is 70.6 Å². The van der Waals surface area contributed by atoms with Crippen molar-refractivity contribution in [1.29, 1.82) is 0 Å². The monoisotopic (exact) mass is 1440 g/mol. The zero-order valence-corrected chi connectivity index (χ0v) is 61.4. The highest BCUT2D eigenvalue weighted by Gasteiger charge is 2.58. The quantitative estimate of drug-likeness (QED) is 0.00886. The second kappa shape index (κ2) is 55.9. The van der Waals surface area contributed by atoms with Crippen LogP contribution in [0.5, 0.6) is 0 Å². The standard InChI is InChI=1S/C74H135O24P/c1-4-7-10-13-16-19-22-25-28-29-32-34-37-40-43-46-49-59(77)91-54-57-62(80)64(82)69(87)74(95-57)97-71-67(85)65(83)66(84)70(96-73-68(86)63(81)61(79)56(51-75)94-73)72(71)98-99(88,89)92-53-55(93-60(78)50-47-44-41-38-35-31-27-24-21-18-15-12-9-6-3)52-90-58(76)48-45-42-39-36-33-30-26-23-20-17-14-11-8-5-2/h30-31,33,35,55-57,61-75,79-87H,4-29,32,34,36-54H2,1-3H3,(H,88,89)/b33-30-,35-31-. The molecule has 11 N–H and O–H groups in total. The molecule has 18 atom stereocenters. The lowest BCUT2D eigenvalue weighted by Gasteiger charge is -2.49. The van der Waals surface area contributed by atoms with E-state index in [1.54, 1.807) is 0 Å². The van der Waals surface area contributed by atoms with Crippen LogP contribution in [0.1, 0.15) is 297 Å². The third-order valence-electron chi connectivity index (χ3n) is 19.0. The van der Waals surface area contributed by atoms with Gasteiger partial charge in [0.2, 0.25) is 0 Å². The van der Waals surface area contributed by atoms with Crippen LogP contribution in [0.4, 0.5) is 0 Å². The molecular formula is C74H135O24P. The molecule has 0 radical (unpaired) electrons. The van der Waals surface area contributed by atoms with Gasteiger partial charge in [0.25, 0.3) is 0 Å². The van der Waals surface area contributed by atoms with E-state index in [0.29, 0.717) is 25.7 Å². The predicted molar refractivity (Wildman–Crippen MR) is 374 cm³/mol. The number of aliphatic hydroxyl groups is 10. The molecule has 25 heteroatoms. The van der Waals surface area contributed by atoms with Crippen molar-refractivity contribution in [2.24, 2.45) is 0 Å². The first-order valence-corrected chi connectivity index (χ1v) is 40.1. The van der Waals surface area contributed by atoms with Crippen LogP contribution in [0.3, 0.4) is 0 Å². The Hall–Kier alpha value is -2.56. The number of hydrogen-bond donors (Lipinski definition) is 11. The fourth-order valence-corrected chi connectivity index (χ4v) is 13.6. The molecule has 18 unspecified atom stereocenters. The molecule has 2 saturated heterocycles. The average molecular weight is 1440 g/mol. The van der Waals surface area contributed by atoms with Gasteiger partial charge in [0.1, 0.15) is 98.7 Å². The number of rotatable bonds is 60. The van der Waals surface area contributed by atoms with Crippen molar-refractivity contribution in [3.05, 3.63) is 24.3 Å². The Morgan fingerprint density at radius 1 is 0.384 bits per heavy atom. The SMILES string of the molecule is CCCCCCCCC/C=C\CCCCCC(=O)OCC(COP(=O)(O)OC1C(OC2OC(CO)C(O)C(O)C2O)C(O)C(O)C(O)C1OC1OC(COC(=O)CCCCCCCCCCCCCCCCCC)C(O)C(O)C1O)OC(=O)CCCCC/C=C\CCCCCCCCC. The van der Waals surface area contributed by atoms with E-state index >= 15 is 0 Å². The van der Waals surface area contributed by atoms with Crippen LogP contribution in [-0.2, 0) is 61.2 Å². The Morgan fingerprint density at radius 3 is 1.10 bits per heavy atom. The third kappa shape index (κ3) is 38.9. The molecule has 2 heterocycles. The topological polar surface area (TPSA) is 374 Å². The molecule has 24 nitrogen and oxygen atoms in total. The minimum absolute atomic E-state index is 0.0225. The first-order valence-electron chi connectivity index (χ1n) is 38.6. The number of aliphatic hydroxyl groups excluding tert-OH is 10. The highest BCUT2D eigenvalue weighted by atomic mass is 31.2. The molecule has 1 aliphatic carbocycles. The van der Waals surface area contributed by atoms with Gasteiger partial charge in [-0.25, -0.2) is 4.57 Å². The first kappa shape index (κ1) is 90.7. The Labute approximate surface area is 592 Å². The number of phosphoric acid groups is 1. The van der Waals surface area contributed by atoms with Gasteiger partial charge in [0.15, 0.2) is 18.7 Å². The number of esters is 3. The van der Waals surface area contributed by atoms with Crippen LogP contribution in [0.2, 0.25) is 0 Å². The van der Waals surface area contributed by atoms with Crippen LogP contribution in [0, 0.1) is 0 Å². The Morgan fingerprint density at radius 2 is 0.707 bits per heavy atom. The molecular weight excluding hydrogens is 1300 g/mol. The van der Waals surface area contributed by atoms with Crippen molar-refractivity contribution in [2.75, 3.05) is 26.4 Å². The summed E-state index contributed by atoms with van der Waals surface area (Å²) >= 11 is 0. The van der Waals surface area contributed by atoms with Gasteiger partial charge in [0.05, 0.1) is 13.2 Å². The summed E-state index contributed by atoms with van der Waals surface area (Å²) in [6, 6.07) is 0. The van der Waals surface area contributed by atoms with Crippen LogP contribution in [0.15, 0.2) is 24.3 Å². The van der Waals surface area contributed by atoms with Crippen molar-refractivity contribution in [3.63, 3.8) is 0 Å². The average Bonchev–Trinajstić information content (AvgIpc) is 0.759. The zero-order valence-electron chi connectivity index (χ0n) is 60.5. The molecule has 0 aromatic heterocycles. The number of phosphoric ester groups is 1.